The fourth-order valence-corrected chi connectivity index (χ4v) is 3.95. The Morgan fingerprint density at radius 3 is 2.79 bits per heavy atom. The second kappa shape index (κ2) is 3.42. The molecule has 80 valence electrons. The molecule has 6 heteroatoms. The molecule has 2 unspecified atom stereocenters. The minimum Gasteiger partial charge on any atom is -0.447 e. The van der Waals surface area contributed by atoms with E-state index in [1.54, 1.807) is 0 Å². The number of nitrogens with one attached hydrogen (secondary N) is 1. The number of cyclic esters (lactones) is 1. The molecule has 2 heterocycles. The first kappa shape index (κ1) is 9.76. The number of alkyl carbamates (subject to hydrolysis) is 1. The standard InChI is InChI=1S/C8H13NO4S/c10-8-9-6(5-13-8)4-7-2-1-3-14(7,11)12/h6-7H,1-5H2,(H,9,10). The van der Waals surface area contributed by atoms with Gasteiger partial charge in [-0.1, -0.05) is 0 Å². The molecule has 2 aliphatic heterocycles. The molecule has 2 aliphatic rings. The molecule has 0 spiro atoms. The number of carbonyl (C=O) groups is 1. The lowest BCUT2D eigenvalue weighted by molar-refractivity contribution is 0.176. The highest BCUT2D eigenvalue weighted by atomic mass is 32.2. The molecule has 2 saturated heterocycles. The van der Waals surface area contributed by atoms with Gasteiger partial charge in [-0.25, -0.2) is 13.2 Å². The van der Waals surface area contributed by atoms with E-state index in [1.165, 1.54) is 0 Å². The van der Waals surface area contributed by atoms with Crippen LogP contribution < -0.4 is 5.32 Å². The summed E-state index contributed by atoms with van der Waals surface area (Å²) >= 11 is 0. The van der Waals surface area contributed by atoms with E-state index in [4.69, 9.17) is 4.74 Å². The van der Waals surface area contributed by atoms with Gasteiger partial charge in [-0.3, -0.25) is 0 Å². The topological polar surface area (TPSA) is 72.5 Å². The van der Waals surface area contributed by atoms with Crippen LogP contribution >= 0.6 is 0 Å². The predicted octanol–water partition coefficient (Wildman–Crippen LogP) is 0.0621. The van der Waals surface area contributed by atoms with Gasteiger partial charge in [0.2, 0.25) is 0 Å². The molecule has 2 rings (SSSR count). The van der Waals surface area contributed by atoms with Crippen molar-refractivity contribution in [2.45, 2.75) is 30.6 Å². The summed E-state index contributed by atoms with van der Waals surface area (Å²) in [5, 5.41) is 2.31. The van der Waals surface area contributed by atoms with Crippen LogP contribution in [-0.2, 0) is 14.6 Å². The van der Waals surface area contributed by atoms with Crippen molar-refractivity contribution >= 4 is 15.9 Å². The maximum Gasteiger partial charge on any atom is 0.407 e. The summed E-state index contributed by atoms with van der Waals surface area (Å²) in [5.41, 5.74) is 0. The molecule has 1 amide bonds. The quantitative estimate of drug-likeness (QED) is 0.713. The Morgan fingerprint density at radius 2 is 2.29 bits per heavy atom. The molecule has 5 nitrogen and oxygen atoms in total. The van der Waals surface area contributed by atoms with Crippen LogP contribution in [0.1, 0.15) is 19.3 Å². The normalized spacial score (nSPS) is 35.3. The molecular weight excluding hydrogens is 206 g/mol. The van der Waals surface area contributed by atoms with Crippen molar-refractivity contribution in [2.75, 3.05) is 12.4 Å². The number of carbonyl (C=O) groups excluding carboxylic acids is 1. The van der Waals surface area contributed by atoms with Gasteiger partial charge in [-0.05, 0) is 19.3 Å². The Hall–Kier alpha value is -0.780. The van der Waals surface area contributed by atoms with Crippen LogP contribution in [0.3, 0.4) is 0 Å². The average Bonchev–Trinajstić information content (AvgIpc) is 2.61. The van der Waals surface area contributed by atoms with Gasteiger partial charge in [0.05, 0.1) is 17.0 Å². The van der Waals surface area contributed by atoms with Gasteiger partial charge in [0.25, 0.3) is 0 Å². The van der Waals surface area contributed by atoms with Gasteiger partial charge >= 0.3 is 6.09 Å². The highest BCUT2D eigenvalue weighted by Crippen LogP contribution is 2.24. The van der Waals surface area contributed by atoms with Gasteiger partial charge in [-0.15, -0.1) is 0 Å². The summed E-state index contributed by atoms with van der Waals surface area (Å²) in [6.45, 7) is 0.296. The summed E-state index contributed by atoms with van der Waals surface area (Å²) < 4.78 is 27.7. The van der Waals surface area contributed by atoms with Crippen molar-refractivity contribution in [3.8, 4) is 0 Å². The van der Waals surface area contributed by atoms with Gasteiger partial charge in [0.15, 0.2) is 9.84 Å². The van der Waals surface area contributed by atoms with Gasteiger partial charge < -0.3 is 10.1 Å². The minimum absolute atomic E-state index is 0.125. The monoisotopic (exact) mass is 219 g/mol. The van der Waals surface area contributed by atoms with Crippen molar-refractivity contribution < 1.29 is 17.9 Å². The third-order valence-electron chi connectivity index (χ3n) is 2.75. The van der Waals surface area contributed by atoms with Crippen LogP contribution in [0.4, 0.5) is 4.79 Å². The van der Waals surface area contributed by atoms with E-state index in [0.717, 1.165) is 6.42 Å². The molecule has 0 aromatic heterocycles. The van der Waals surface area contributed by atoms with Crippen molar-refractivity contribution in [3.63, 3.8) is 0 Å². The second-order valence-electron chi connectivity index (χ2n) is 3.81. The minimum atomic E-state index is -2.90. The molecule has 2 fully saturated rings. The first-order valence-electron chi connectivity index (χ1n) is 4.73. The third-order valence-corrected chi connectivity index (χ3v) is 5.05. The van der Waals surface area contributed by atoms with Gasteiger partial charge in [0.1, 0.15) is 6.61 Å². The molecule has 0 aliphatic carbocycles. The first-order valence-corrected chi connectivity index (χ1v) is 6.44. The van der Waals surface area contributed by atoms with E-state index in [9.17, 15) is 13.2 Å². The van der Waals surface area contributed by atoms with Crippen LogP contribution in [0, 0.1) is 0 Å². The highest BCUT2D eigenvalue weighted by molar-refractivity contribution is 7.92. The Bertz CT molecular complexity index is 337. The summed E-state index contributed by atoms with van der Waals surface area (Å²) in [4.78, 5) is 10.7. The maximum absolute atomic E-state index is 11.5. The third kappa shape index (κ3) is 1.84. The van der Waals surface area contributed by atoms with E-state index in [2.05, 4.69) is 5.32 Å². The Balaban J connectivity index is 1.95. The van der Waals surface area contributed by atoms with Crippen LogP contribution in [0.5, 0.6) is 0 Å². The molecular formula is C8H13NO4S. The predicted molar refractivity (Wildman–Crippen MR) is 49.7 cm³/mol. The van der Waals surface area contributed by atoms with Gasteiger partial charge in [-0.2, -0.15) is 0 Å². The molecule has 0 aromatic rings. The molecule has 0 radical (unpaired) electrons. The lowest BCUT2D eigenvalue weighted by Crippen LogP contribution is -2.32. The molecule has 2 atom stereocenters. The lowest BCUT2D eigenvalue weighted by Gasteiger charge is -2.12. The summed E-state index contributed by atoms with van der Waals surface area (Å²) in [6.07, 6.45) is 1.52. The van der Waals surface area contributed by atoms with E-state index < -0.39 is 15.9 Å². The van der Waals surface area contributed by atoms with Gasteiger partial charge in [0, 0.05) is 0 Å². The number of amides is 1. The summed E-state index contributed by atoms with van der Waals surface area (Å²) in [7, 11) is -2.90. The van der Waals surface area contributed by atoms with Crippen LogP contribution in [0.25, 0.3) is 0 Å². The Kier molecular flexibility index (Phi) is 2.38. The van der Waals surface area contributed by atoms with Crippen molar-refractivity contribution in [1.82, 2.24) is 5.32 Å². The Labute approximate surface area is 82.7 Å². The van der Waals surface area contributed by atoms with E-state index >= 15 is 0 Å². The zero-order valence-electron chi connectivity index (χ0n) is 7.73. The van der Waals surface area contributed by atoms with E-state index in [-0.39, 0.29) is 11.3 Å². The Morgan fingerprint density at radius 1 is 1.50 bits per heavy atom. The zero-order valence-corrected chi connectivity index (χ0v) is 8.55. The number of hydrogen-bond acceptors (Lipinski definition) is 4. The number of ether oxygens (including phenoxy) is 1. The van der Waals surface area contributed by atoms with Crippen LogP contribution in [0.2, 0.25) is 0 Å². The molecule has 14 heavy (non-hydrogen) atoms. The van der Waals surface area contributed by atoms with Crippen molar-refractivity contribution in [2.24, 2.45) is 0 Å². The molecule has 0 bridgehead atoms. The molecule has 0 saturated carbocycles. The number of hydrogen-bond donors (Lipinski definition) is 1. The largest absolute Gasteiger partial charge is 0.447 e. The highest BCUT2D eigenvalue weighted by Gasteiger charge is 2.35. The van der Waals surface area contributed by atoms with Crippen LogP contribution in [-0.4, -0.2) is 38.2 Å². The SMILES string of the molecule is O=C1NC(CC2CCCS2(=O)=O)CO1. The number of sulfone groups is 1. The fourth-order valence-electron chi connectivity index (χ4n) is 1.99. The smallest absolute Gasteiger partial charge is 0.407 e. The second-order valence-corrected chi connectivity index (χ2v) is 6.21. The van der Waals surface area contributed by atoms with E-state index in [0.29, 0.717) is 25.2 Å². The average molecular weight is 219 g/mol. The van der Waals surface area contributed by atoms with Crippen LogP contribution in [0.15, 0.2) is 0 Å². The van der Waals surface area contributed by atoms with Crippen molar-refractivity contribution in [1.29, 1.82) is 0 Å². The number of rotatable bonds is 2. The fraction of sp³-hybridized carbons (Fsp3) is 0.875. The lowest BCUT2D eigenvalue weighted by atomic mass is 10.1. The summed E-state index contributed by atoms with van der Waals surface area (Å²) in [6, 6.07) is -0.125. The molecule has 0 aromatic carbocycles. The van der Waals surface area contributed by atoms with E-state index in [1.807, 2.05) is 0 Å². The first-order chi connectivity index (χ1) is 6.58. The van der Waals surface area contributed by atoms with Crippen molar-refractivity contribution in [3.05, 3.63) is 0 Å². The molecule has 1 N–H and O–H groups in total. The summed E-state index contributed by atoms with van der Waals surface area (Å²) in [5.74, 6) is 0.291. The zero-order chi connectivity index (χ0) is 10.2. The maximum atomic E-state index is 11.5.